The highest BCUT2D eigenvalue weighted by atomic mass is 35.5. The number of anilines is 2. The molecule has 4 bridgehead atoms. The molecule has 0 aromatic heterocycles. The first kappa shape index (κ1) is 20.0. The molecule has 5 nitrogen and oxygen atoms in total. The summed E-state index contributed by atoms with van der Waals surface area (Å²) in [4.78, 5) is 24.7. The number of halogens is 1. The van der Waals surface area contributed by atoms with Crippen LogP contribution < -0.4 is 16.4 Å². The van der Waals surface area contributed by atoms with E-state index in [2.05, 4.69) is 10.6 Å². The summed E-state index contributed by atoms with van der Waals surface area (Å²) in [7, 11) is 0. The number of rotatable bonds is 5. The largest absolute Gasteiger partial charge is 0.399 e. The van der Waals surface area contributed by atoms with E-state index in [1.165, 1.54) is 38.5 Å². The number of hydrogen-bond donors (Lipinski definition) is 3. The zero-order valence-electron chi connectivity index (χ0n) is 15.9. The highest BCUT2D eigenvalue weighted by molar-refractivity contribution is 5.95. The second-order valence-electron chi connectivity index (χ2n) is 8.99. The SMILES string of the molecule is Cc1ccc(N)cc1NC(=O)CNC(=O)CC12CC3CC(CC(C3)C1)C2.Cl. The van der Waals surface area contributed by atoms with Gasteiger partial charge in [-0.15, -0.1) is 12.4 Å². The molecule has 0 atom stereocenters. The van der Waals surface area contributed by atoms with Crippen LogP contribution in [-0.4, -0.2) is 18.4 Å². The molecule has 4 fully saturated rings. The Morgan fingerprint density at radius 1 is 1.07 bits per heavy atom. The summed E-state index contributed by atoms with van der Waals surface area (Å²) in [5.41, 5.74) is 8.24. The van der Waals surface area contributed by atoms with E-state index in [1.807, 2.05) is 13.0 Å². The van der Waals surface area contributed by atoms with Crippen LogP contribution in [0.5, 0.6) is 0 Å². The van der Waals surface area contributed by atoms with Crippen molar-refractivity contribution in [2.75, 3.05) is 17.6 Å². The van der Waals surface area contributed by atoms with E-state index in [4.69, 9.17) is 5.73 Å². The Morgan fingerprint density at radius 3 is 2.26 bits per heavy atom. The number of carbonyl (C=O) groups excluding carboxylic acids is 2. The van der Waals surface area contributed by atoms with E-state index in [-0.39, 0.29) is 36.2 Å². The molecule has 5 rings (SSSR count). The van der Waals surface area contributed by atoms with Gasteiger partial charge in [0, 0.05) is 17.8 Å². The lowest BCUT2D eigenvalue weighted by atomic mass is 9.49. The first-order valence-electron chi connectivity index (χ1n) is 9.83. The number of amides is 2. The number of hydrogen-bond acceptors (Lipinski definition) is 3. The lowest BCUT2D eigenvalue weighted by molar-refractivity contribution is -0.131. The molecule has 27 heavy (non-hydrogen) atoms. The van der Waals surface area contributed by atoms with Crippen LogP contribution in [0.2, 0.25) is 0 Å². The molecule has 0 saturated heterocycles. The van der Waals surface area contributed by atoms with Gasteiger partial charge in [0.1, 0.15) is 0 Å². The Bertz CT molecular complexity index is 699. The topological polar surface area (TPSA) is 84.2 Å². The number of benzene rings is 1. The average Bonchev–Trinajstić information content (AvgIpc) is 2.55. The summed E-state index contributed by atoms with van der Waals surface area (Å²) in [6, 6.07) is 5.42. The molecule has 1 aromatic carbocycles. The molecule has 0 spiro atoms. The summed E-state index contributed by atoms with van der Waals surface area (Å²) in [6.07, 6.45) is 8.35. The Hall–Kier alpha value is -1.75. The maximum Gasteiger partial charge on any atom is 0.243 e. The third kappa shape index (κ3) is 4.40. The average molecular weight is 392 g/mol. The van der Waals surface area contributed by atoms with E-state index >= 15 is 0 Å². The summed E-state index contributed by atoms with van der Waals surface area (Å²) >= 11 is 0. The predicted molar refractivity (Wildman–Crippen MR) is 110 cm³/mol. The predicted octanol–water partition coefficient (Wildman–Crippen LogP) is 3.66. The second-order valence-corrected chi connectivity index (χ2v) is 8.99. The van der Waals surface area contributed by atoms with Crippen molar-refractivity contribution < 1.29 is 9.59 Å². The van der Waals surface area contributed by atoms with Crippen molar-refractivity contribution in [3.63, 3.8) is 0 Å². The molecule has 4 N–H and O–H groups in total. The Labute approximate surface area is 167 Å². The van der Waals surface area contributed by atoms with Crippen LogP contribution in [-0.2, 0) is 9.59 Å². The van der Waals surface area contributed by atoms with Crippen LogP contribution in [0, 0.1) is 30.1 Å². The quantitative estimate of drug-likeness (QED) is 0.669. The van der Waals surface area contributed by atoms with Gasteiger partial charge in [0.25, 0.3) is 0 Å². The molecule has 148 valence electrons. The molecular weight excluding hydrogens is 362 g/mol. The highest BCUT2D eigenvalue weighted by Gasteiger charge is 2.51. The third-order valence-corrected chi connectivity index (χ3v) is 6.68. The minimum absolute atomic E-state index is 0. The fourth-order valence-electron chi connectivity index (χ4n) is 6.06. The van der Waals surface area contributed by atoms with E-state index in [0.717, 1.165) is 23.3 Å². The summed E-state index contributed by atoms with van der Waals surface area (Å²) in [6.45, 7) is 1.93. The first-order chi connectivity index (χ1) is 12.4. The van der Waals surface area contributed by atoms with Crippen molar-refractivity contribution >= 4 is 35.6 Å². The summed E-state index contributed by atoms with van der Waals surface area (Å²) in [5, 5.41) is 5.66. The number of nitrogens with one attached hydrogen (secondary N) is 2. The van der Waals surface area contributed by atoms with Crippen molar-refractivity contribution in [1.82, 2.24) is 5.32 Å². The van der Waals surface area contributed by atoms with Crippen LogP contribution in [0.3, 0.4) is 0 Å². The zero-order chi connectivity index (χ0) is 18.3. The standard InChI is InChI=1S/C21H29N3O2.ClH/c1-13-2-3-17(22)7-18(13)24-20(26)12-23-19(25)11-21-8-14-4-15(9-21)6-16(5-14)10-21;/h2-3,7,14-16H,4-6,8-12,22H2,1H3,(H,23,25)(H,24,26);1H. The van der Waals surface area contributed by atoms with Crippen molar-refractivity contribution in [2.45, 2.75) is 51.9 Å². The normalized spacial score (nSPS) is 30.5. The number of aryl methyl sites for hydroxylation is 1. The zero-order valence-corrected chi connectivity index (χ0v) is 16.7. The van der Waals surface area contributed by atoms with E-state index < -0.39 is 0 Å². The fourth-order valence-corrected chi connectivity index (χ4v) is 6.06. The van der Waals surface area contributed by atoms with E-state index in [0.29, 0.717) is 17.8 Å². The van der Waals surface area contributed by atoms with E-state index in [9.17, 15) is 9.59 Å². The van der Waals surface area contributed by atoms with Gasteiger partial charge in [-0.05, 0) is 86.3 Å². The molecule has 4 aliphatic carbocycles. The number of nitrogens with two attached hydrogens (primary N) is 1. The van der Waals surface area contributed by atoms with Gasteiger partial charge in [0.2, 0.25) is 11.8 Å². The van der Waals surface area contributed by atoms with Gasteiger partial charge in [-0.3, -0.25) is 9.59 Å². The molecule has 0 radical (unpaired) electrons. The second kappa shape index (κ2) is 7.70. The molecule has 2 amide bonds. The van der Waals surface area contributed by atoms with Crippen LogP contribution in [0.1, 0.15) is 50.5 Å². The number of carbonyl (C=O) groups is 2. The molecule has 0 aliphatic heterocycles. The minimum atomic E-state index is -0.211. The van der Waals surface area contributed by atoms with Gasteiger partial charge in [0.15, 0.2) is 0 Å². The molecule has 4 aliphatic rings. The van der Waals surface area contributed by atoms with Crippen LogP contribution in [0.4, 0.5) is 11.4 Å². The third-order valence-electron chi connectivity index (χ3n) is 6.68. The fraction of sp³-hybridized carbons (Fsp3) is 0.619. The first-order valence-corrected chi connectivity index (χ1v) is 9.83. The Balaban J connectivity index is 0.00000210. The van der Waals surface area contributed by atoms with Crippen LogP contribution >= 0.6 is 12.4 Å². The monoisotopic (exact) mass is 391 g/mol. The molecule has 4 saturated carbocycles. The maximum atomic E-state index is 12.5. The van der Waals surface area contributed by atoms with Crippen molar-refractivity contribution in [3.05, 3.63) is 23.8 Å². The highest BCUT2D eigenvalue weighted by Crippen LogP contribution is 2.61. The molecular formula is C21H30ClN3O2. The van der Waals surface area contributed by atoms with Gasteiger partial charge >= 0.3 is 0 Å². The van der Waals surface area contributed by atoms with Gasteiger partial charge in [-0.25, -0.2) is 0 Å². The molecule has 0 unspecified atom stereocenters. The minimum Gasteiger partial charge on any atom is -0.399 e. The van der Waals surface area contributed by atoms with Crippen molar-refractivity contribution in [3.8, 4) is 0 Å². The van der Waals surface area contributed by atoms with Gasteiger partial charge in [-0.1, -0.05) is 6.07 Å². The van der Waals surface area contributed by atoms with E-state index in [1.54, 1.807) is 12.1 Å². The Kier molecular flexibility index (Phi) is 5.71. The van der Waals surface area contributed by atoms with Crippen molar-refractivity contribution in [1.29, 1.82) is 0 Å². The van der Waals surface area contributed by atoms with Crippen LogP contribution in [0.25, 0.3) is 0 Å². The molecule has 1 aromatic rings. The van der Waals surface area contributed by atoms with Gasteiger partial charge in [0.05, 0.1) is 6.54 Å². The maximum absolute atomic E-state index is 12.5. The van der Waals surface area contributed by atoms with Gasteiger partial charge in [-0.2, -0.15) is 0 Å². The van der Waals surface area contributed by atoms with Gasteiger partial charge < -0.3 is 16.4 Å². The smallest absolute Gasteiger partial charge is 0.243 e. The lowest BCUT2D eigenvalue weighted by Gasteiger charge is -2.56. The number of nitrogen functional groups attached to an aromatic ring is 1. The van der Waals surface area contributed by atoms with Crippen LogP contribution in [0.15, 0.2) is 18.2 Å². The lowest BCUT2D eigenvalue weighted by Crippen LogP contribution is -2.48. The summed E-state index contributed by atoms with van der Waals surface area (Å²) in [5.74, 6) is 2.32. The molecule has 6 heteroatoms. The van der Waals surface area contributed by atoms with Crippen molar-refractivity contribution in [2.24, 2.45) is 23.2 Å². The summed E-state index contributed by atoms with van der Waals surface area (Å²) < 4.78 is 0. The Morgan fingerprint density at radius 2 is 1.67 bits per heavy atom. The molecule has 0 heterocycles.